The molecule has 20 heavy (non-hydrogen) atoms. The molecule has 0 aliphatic rings. The van der Waals surface area contributed by atoms with Gasteiger partial charge in [0.05, 0.1) is 12.8 Å². The highest BCUT2D eigenvalue weighted by Gasteiger charge is 2.22. The highest BCUT2D eigenvalue weighted by atomic mass is 16.5. The number of aliphatic hydroxyl groups is 1. The van der Waals surface area contributed by atoms with Gasteiger partial charge in [0.1, 0.15) is 11.4 Å². The Morgan fingerprint density at radius 1 is 1.30 bits per heavy atom. The van der Waals surface area contributed by atoms with E-state index < -0.39 is 0 Å². The molecule has 2 N–H and O–H groups in total. The minimum Gasteiger partial charge on any atom is -0.506 e. The van der Waals surface area contributed by atoms with E-state index in [1.165, 1.54) is 0 Å². The summed E-state index contributed by atoms with van der Waals surface area (Å²) in [6, 6.07) is 6.97. The second-order valence-electron chi connectivity index (χ2n) is 4.90. The molecule has 0 radical (unpaired) electrons. The van der Waals surface area contributed by atoms with Gasteiger partial charge in [-0.1, -0.05) is 26.0 Å². The second kappa shape index (κ2) is 5.96. The molecule has 1 aromatic carbocycles. The van der Waals surface area contributed by atoms with Crippen molar-refractivity contribution in [2.45, 2.75) is 26.2 Å². The van der Waals surface area contributed by atoms with E-state index in [1.807, 2.05) is 19.9 Å². The van der Waals surface area contributed by atoms with E-state index in [1.54, 1.807) is 30.0 Å². The summed E-state index contributed by atoms with van der Waals surface area (Å²) in [7, 11) is 1.57. The van der Waals surface area contributed by atoms with Gasteiger partial charge >= 0.3 is 0 Å². The van der Waals surface area contributed by atoms with Crippen LogP contribution < -0.4 is 4.74 Å². The Labute approximate surface area is 118 Å². The fourth-order valence-corrected chi connectivity index (χ4v) is 2.28. The molecule has 5 heteroatoms. The number of aromatic hydroxyl groups is 1. The van der Waals surface area contributed by atoms with Gasteiger partial charge in [-0.15, -0.1) is 0 Å². The molecular weight excluding hydrogens is 256 g/mol. The summed E-state index contributed by atoms with van der Waals surface area (Å²) in [4.78, 5) is 0. The van der Waals surface area contributed by atoms with Crippen LogP contribution >= 0.6 is 0 Å². The molecule has 5 nitrogen and oxygen atoms in total. The van der Waals surface area contributed by atoms with Crippen LogP contribution in [0.5, 0.6) is 11.6 Å². The monoisotopic (exact) mass is 276 g/mol. The molecule has 1 heterocycles. The van der Waals surface area contributed by atoms with Gasteiger partial charge in [0, 0.05) is 18.6 Å². The third-order valence-electron chi connectivity index (χ3n) is 3.18. The van der Waals surface area contributed by atoms with Crippen molar-refractivity contribution >= 4 is 0 Å². The number of nitrogens with zero attached hydrogens (tertiary/aromatic N) is 2. The van der Waals surface area contributed by atoms with Crippen molar-refractivity contribution in [3.8, 4) is 17.3 Å². The molecule has 0 spiro atoms. The summed E-state index contributed by atoms with van der Waals surface area (Å²) in [5.74, 6) is 0.904. The summed E-state index contributed by atoms with van der Waals surface area (Å²) in [6.45, 7) is 4.11. The molecule has 2 aromatic rings. The minimum atomic E-state index is 0.0303. The van der Waals surface area contributed by atoms with Gasteiger partial charge in [0.15, 0.2) is 0 Å². The van der Waals surface area contributed by atoms with Gasteiger partial charge in [-0.3, -0.25) is 0 Å². The highest BCUT2D eigenvalue weighted by Crippen LogP contribution is 2.33. The average Bonchev–Trinajstić information content (AvgIpc) is 2.78. The Hall–Kier alpha value is -2.01. The van der Waals surface area contributed by atoms with Crippen molar-refractivity contribution in [1.82, 2.24) is 9.78 Å². The highest BCUT2D eigenvalue weighted by molar-refractivity contribution is 5.49. The maximum atomic E-state index is 9.99. The van der Waals surface area contributed by atoms with Crippen LogP contribution in [-0.2, 0) is 6.42 Å². The van der Waals surface area contributed by atoms with Crippen LogP contribution in [0.4, 0.5) is 0 Å². The summed E-state index contributed by atoms with van der Waals surface area (Å²) < 4.78 is 7.04. The molecule has 0 unspecified atom stereocenters. The molecule has 108 valence electrons. The SMILES string of the molecule is COc1c(CCO)c(C(C)C)nn1-c1ccccc1O. The quantitative estimate of drug-likeness (QED) is 0.879. The lowest BCUT2D eigenvalue weighted by molar-refractivity contribution is 0.295. The largest absolute Gasteiger partial charge is 0.506 e. The maximum Gasteiger partial charge on any atom is 0.220 e. The lowest BCUT2D eigenvalue weighted by Gasteiger charge is -2.09. The molecule has 0 fully saturated rings. The van der Waals surface area contributed by atoms with Crippen LogP contribution in [-0.4, -0.2) is 33.7 Å². The molecule has 0 aliphatic heterocycles. The molecule has 2 rings (SSSR count). The van der Waals surface area contributed by atoms with E-state index >= 15 is 0 Å². The minimum absolute atomic E-state index is 0.0303. The van der Waals surface area contributed by atoms with Gasteiger partial charge in [-0.2, -0.15) is 9.78 Å². The third-order valence-corrected chi connectivity index (χ3v) is 3.18. The normalized spacial score (nSPS) is 11.1. The first kappa shape index (κ1) is 14.4. The van der Waals surface area contributed by atoms with E-state index in [9.17, 15) is 10.2 Å². The number of ether oxygens (including phenoxy) is 1. The van der Waals surface area contributed by atoms with E-state index in [-0.39, 0.29) is 18.3 Å². The molecule has 0 bridgehead atoms. The average molecular weight is 276 g/mol. The van der Waals surface area contributed by atoms with E-state index in [2.05, 4.69) is 5.10 Å². The number of aliphatic hydroxyl groups excluding tert-OH is 1. The van der Waals surface area contributed by atoms with Gasteiger partial charge < -0.3 is 14.9 Å². The summed E-state index contributed by atoms with van der Waals surface area (Å²) >= 11 is 0. The van der Waals surface area contributed by atoms with Crippen LogP contribution in [0, 0.1) is 0 Å². The van der Waals surface area contributed by atoms with Crippen LogP contribution in [0.1, 0.15) is 31.0 Å². The van der Waals surface area contributed by atoms with Crippen LogP contribution in [0.3, 0.4) is 0 Å². The first-order valence-corrected chi connectivity index (χ1v) is 6.65. The van der Waals surface area contributed by atoms with Crippen molar-refractivity contribution in [1.29, 1.82) is 0 Å². The zero-order valence-electron chi connectivity index (χ0n) is 12.0. The van der Waals surface area contributed by atoms with Crippen LogP contribution in [0.25, 0.3) is 5.69 Å². The van der Waals surface area contributed by atoms with E-state index in [0.29, 0.717) is 18.0 Å². The second-order valence-corrected chi connectivity index (χ2v) is 4.90. The number of hydrogen-bond acceptors (Lipinski definition) is 4. The fourth-order valence-electron chi connectivity index (χ4n) is 2.28. The summed E-state index contributed by atoms with van der Waals surface area (Å²) in [6.07, 6.45) is 0.476. The van der Waals surface area contributed by atoms with E-state index in [0.717, 1.165) is 11.3 Å². The number of rotatable bonds is 5. The number of hydrogen-bond donors (Lipinski definition) is 2. The summed E-state index contributed by atoms with van der Waals surface area (Å²) in [5, 5.41) is 23.8. The molecule has 1 aromatic heterocycles. The van der Waals surface area contributed by atoms with Crippen molar-refractivity contribution in [2.75, 3.05) is 13.7 Å². The first-order chi connectivity index (χ1) is 9.60. The van der Waals surface area contributed by atoms with Crippen molar-refractivity contribution in [2.24, 2.45) is 0 Å². The lowest BCUT2D eigenvalue weighted by Crippen LogP contribution is -2.01. The topological polar surface area (TPSA) is 67.5 Å². The molecule has 0 saturated carbocycles. The lowest BCUT2D eigenvalue weighted by atomic mass is 10.0. The fraction of sp³-hybridized carbons (Fsp3) is 0.400. The van der Waals surface area contributed by atoms with Crippen molar-refractivity contribution < 1.29 is 14.9 Å². The first-order valence-electron chi connectivity index (χ1n) is 6.65. The smallest absolute Gasteiger partial charge is 0.220 e. The van der Waals surface area contributed by atoms with Crippen LogP contribution in [0.15, 0.2) is 24.3 Å². The molecule has 0 amide bonds. The number of benzene rings is 1. The number of aromatic nitrogens is 2. The zero-order valence-corrected chi connectivity index (χ0v) is 12.0. The van der Waals surface area contributed by atoms with Crippen molar-refractivity contribution in [3.05, 3.63) is 35.5 Å². The number of phenols is 1. The maximum absolute atomic E-state index is 9.99. The third kappa shape index (κ3) is 2.49. The molecule has 0 saturated heterocycles. The number of phenolic OH excluding ortho intramolecular Hbond substituents is 1. The van der Waals surface area contributed by atoms with Gasteiger partial charge in [0.2, 0.25) is 5.88 Å². The molecule has 0 atom stereocenters. The molecule has 0 aliphatic carbocycles. The standard InChI is InChI=1S/C15H20N2O3/c1-10(2)14-11(8-9-18)15(20-3)17(16-14)12-6-4-5-7-13(12)19/h4-7,10,18-19H,8-9H2,1-3H3. The van der Waals surface area contributed by atoms with E-state index in [4.69, 9.17) is 4.74 Å². The Morgan fingerprint density at radius 3 is 2.55 bits per heavy atom. The molecular formula is C15H20N2O3. The van der Waals surface area contributed by atoms with Crippen LogP contribution in [0.2, 0.25) is 0 Å². The Bertz CT molecular complexity index is 591. The predicted octanol–water partition coefficient (Wildman–Crippen LogP) is 2.24. The zero-order chi connectivity index (χ0) is 14.7. The Morgan fingerprint density at radius 2 is 2.00 bits per heavy atom. The Kier molecular flexibility index (Phi) is 4.29. The van der Waals surface area contributed by atoms with Crippen molar-refractivity contribution in [3.63, 3.8) is 0 Å². The van der Waals surface area contributed by atoms with Gasteiger partial charge in [0.25, 0.3) is 0 Å². The summed E-state index contributed by atoms with van der Waals surface area (Å²) in [5.41, 5.74) is 2.32. The Balaban J connectivity index is 2.64. The predicted molar refractivity (Wildman–Crippen MR) is 76.7 cm³/mol. The number of methoxy groups -OCH3 is 1. The van der Waals surface area contributed by atoms with Gasteiger partial charge in [-0.25, -0.2) is 0 Å². The number of para-hydroxylation sites is 2. The van der Waals surface area contributed by atoms with Gasteiger partial charge in [-0.05, 0) is 18.1 Å².